The van der Waals surface area contributed by atoms with Crippen molar-refractivity contribution in [1.29, 1.82) is 0 Å². The van der Waals surface area contributed by atoms with Crippen molar-refractivity contribution in [2.75, 3.05) is 26.2 Å². The second-order valence-electron chi connectivity index (χ2n) is 7.69. The number of nitrogens with two attached hydrogens (primary N) is 1. The molecule has 0 unspecified atom stereocenters. The van der Waals surface area contributed by atoms with Crippen molar-refractivity contribution in [3.63, 3.8) is 0 Å². The predicted octanol–water partition coefficient (Wildman–Crippen LogP) is 3.59. The number of piperidine rings is 1. The van der Waals surface area contributed by atoms with Crippen LogP contribution in [0.5, 0.6) is 5.75 Å². The molecular weight excluding hydrogens is 503 g/mol. The Balaban J connectivity index is 0.00000341. The first kappa shape index (κ1) is 25.0. The number of nitrogens with zero attached hydrogens (tertiary/aromatic N) is 2. The summed E-state index contributed by atoms with van der Waals surface area (Å²) in [6.07, 6.45) is 3.51. The number of halogens is 1. The van der Waals surface area contributed by atoms with Crippen LogP contribution in [-0.2, 0) is 17.8 Å². The van der Waals surface area contributed by atoms with Gasteiger partial charge in [0.25, 0.3) is 5.91 Å². The van der Waals surface area contributed by atoms with Crippen molar-refractivity contribution in [1.82, 2.24) is 10.2 Å². The summed E-state index contributed by atoms with van der Waals surface area (Å²) in [5.41, 5.74) is 7.61. The third-order valence-corrected chi connectivity index (χ3v) is 5.31. The lowest BCUT2D eigenvalue weighted by molar-refractivity contribution is -0.119. The van der Waals surface area contributed by atoms with Gasteiger partial charge in [-0.2, -0.15) is 0 Å². The van der Waals surface area contributed by atoms with Crippen LogP contribution in [0.1, 0.15) is 30.9 Å². The van der Waals surface area contributed by atoms with Crippen molar-refractivity contribution in [2.24, 2.45) is 16.6 Å². The van der Waals surface area contributed by atoms with E-state index in [9.17, 15) is 4.79 Å². The number of amides is 1. The Morgan fingerprint density at radius 3 is 2.52 bits per heavy atom. The molecule has 3 rings (SSSR count). The van der Waals surface area contributed by atoms with Gasteiger partial charge in [0, 0.05) is 19.6 Å². The third kappa shape index (κ3) is 8.40. The molecule has 0 atom stereocenters. The molecule has 2 aromatic rings. The predicted molar refractivity (Wildman–Crippen MR) is 136 cm³/mol. The Morgan fingerprint density at radius 1 is 1.13 bits per heavy atom. The van der Waals surface area contributed by atoms with Crippen LogP contribution < -0.4 is 15.8 Å². The van der Waals surface area contributed by atoms with Crippen LogP contribution >= 0.6 is 24.0 Å². The van der Waals surface area contributed by atoms with E-state index in [1.54, 1.807) is 0 Å². The summed E-state index contributed by atoms with van der Waals surface area (Å²) in [7, 11) is 0. The molecule has 1 heterocycles. The topological polar surface area (TPSA) is 80.0 Å². The first-order valence-electron chi connectivity index (χ1n) is 10.7. The van der Waals surface area contributed by atoms with E-state index in [4.69, 9.17) is 15.5 Å². The van der Waals surface area contributed by atoms with Gasteiger partial charge in [0.15, 0.2) is 12.6 Å². The lowest BCUT2D eigenvalue weighted by Crippen LogP contribution is -2.45. The quantitative estimate of drug-likeness (QED) is 0.307. The van der Waals surface area contributed by atoms with Crippen LogP contribution in [0.4, 0.5) is 0 Å². The average Bonchev–Trinajstić information content (AvgIpc) is 2.77. The van der Waals surface area contributed by atoms with Gasteiger partial charge in [0.2, 0.25) is 0 Å². The number of likely N-dealkylation sites (tertiary alicyclic amines) is 1. The van der Waals surface area contributed by atoms with Crippen molar-refractivity contribution in [3.05, 3.63) is 65.7 Å². The maximum absolute atomic E-state index is 10.9. The third-order valence-electron chi connectivity index (χ3n) is 5.31. The maximum atomic E-state index is 10.9. The molecule has 2 aromatic carbocycles. The fourth-order valence-electron chi connectivity index (χ4n) is 3.78. The molecule has 1 amide bonds. The summed E-state index contributed by atoms with van der Waals surface area (Å²) in [4.78, 5) is 18.1. The Morgan fingerprint density at radius 2 is 1.84 bits per heavy atom. The number of hydrogen-bond donors (Lipinski definition) is 2. The highest BCUT2D eigenvalue weighted by atomic mass is 127. The summed E-state index contributed by atoms with van der Waals surface area (Å²) >= 11 is 0. The number of carbonyl (C=O) groups is 1. The van der Waals surface area contributed by atoms with Crippen LogP contribution in [0.15, 0.2) is 59.6 Å². The van der Waals surface area contributed by atoms with Crippen LogP contribution in [0.3, 0.4) is 0 Å². The highest BCUT2D eigenvalue weighted by molar-refractivity contribution is 14.0. The number of benzene rings is 2. The molecule has 0 aliphatic carbocycles. The number of primary amides is 1. The molecular formula is C24H33IN4O2. The molecule has 31 heavy (non-hydrogen) atoms. The van der Waals surface area contributed by atoms with E-state index < -0.39 is 5.91 Å². The summed E-state index contributed by atoms with van der Waals surface area (Å²) in [5, 5.41) is 3.43. The smallest absolute Gasteiger partial charge is 0.255 e. The van der Waals surface area contributed by atoms with Gasteiger partial charge in [-0.05, 0) is 55.4 Å². The van der Waals surface area contributed by atoms with Gasteiger partial charge < -0.3 is 20.7 Å². The van der Waals surface area contributed by atoms with E-state index in [2.05, 4.69) is 47.5 Å². The summed E-state index contributed by atoms with van der Waals surface area (Å²) in [6.45, 7) is 5.41. The molecule has 6 nitrogen and oxygen atoms in total. The number of carbonyl (C=O) groups excluding carboxylic acids is 1. The second kappa shape index (κ2) is 13.2. The molecule has 0 saturated carbocycles. The van der Waals surface area contributed by atoms with E-state index in [-0.39, 0.29) is 30.6 Å². The fraction of sp³-hybridized carbons (Fsp3) is 0.417. The number of nitrogens with one attached hydrogen (secondary N) is 1. The van der Waals surface area contributed by atoms with Crippen molar-refractivity contribution < 1.29 is 9.53 Å². The SMILES string of the molecule is CCNC(=NCc1cccc(OCC(N)=O)c1)N1CCC(Cc2ccccc2)CC1.I. The van der Waals surface area contributed by atoms with Gasteiger partial charge in [-0.3, -0.25) is 4.79 Å². The van der Waals surface area contributed by atoms with E-state index in [1.807, 2.05) is 24.3 Å². The number of guanidine groups is 1. The van der Waals surface area contributed by atoms with Crippen molar-refractivity contribution >= 4 is 35.8 Å². The van der Waals surface area contributed by atoms with Crippen LogP contribution in [0.2, 0.25) is 0 Å². The van der Waals surface area contributed by atoms with E-state index in [0.717, 1.165) is 43.5 Å². The van der Waals surface area contributed by atoms with Crippen molar-refractivity contribution in [2.45, 2.75) is 32.7 Å². The van der Waals surface area contributed by atoms with E-state index >= 15 is 0 Å². The minimum absolute atomic E-state index is 0. The summed E-state index contributed by atoms with van der Waals surface area (Å²) in [6, 6.07) is 18.4. The zero-order valence-corrected chi connectivity index (χ0v) is 20.5. The van der Waals surface area contributed by atoms with Gasteiger partial charge in [-0.15, -0.1) is 24.0 Å². The first-order valence-corrected chi connectivity index (χ1v) is 10.7. The number of rotatable bonds is 8. The molecule has 1 aliphatic heterocycles. The van der Waals surface area contributed by atoms with Crippen LogP contribution in [0, 0.1) is 5.92 Å². The molecule has 0 aromatic heterocycles. The standard InChI is InChI=1S/C24H32N4O2.HI/c1-2-26-24(27-17-21-9-6-10-22(16-21)30-18-23(25)29)28-13-11-20(12-14-28)15-19-7-4-3-5-8-19;/h3-10,16,20H,2,11-15,17-18H2,1H3,(H2,25,29)(H,26,27);1H. The first-order chi connectivity index (χ1) is 14.6. The monoisotopic (exact) mass is 536 g/mol. The molecule has 168 valence electrons. The number of ether oxygens (including phenoxy) is 1. The Bertz CT molecular complexity index is 836. The van der Waals surface area contributed by atoms with E-state index in [1.165, 1.54) is 18.4 Å². The zero-order chi connectivity index (χ0) is 21.2. The normalized spacial score (nSPS) is 14.6. The van der Waals surface area contributed by atoms with Crippen LogP contribution in [0.25, 0.3) is 0 Å². The minimum atomic E-state index is -0.483. The highest BCUT2D eigenvalue weighted by Gasteiger charge is 2.21. The Labute approximate surface area is 202 Å². The molecule has 0 bridgehead atoms. The minimum Gasteiger partial charge on any atom is -0.484 e. The van der Waals surface area contributed by atoms with Gasteiger partial charge in [-0.25, -0.2) is 4.99 Å². The largest absolute Gasteiger partial charge is 0.484 e. The number of hydrogen-bond acceptors (Lipinski definition) is 3. The Kier molecular flexibility index (Phi) is 10.6. The zero-order valence-electron chi connectivity index (χ0n) is 18.1. The van der Waals surface area contributed by atoms with Gasteiger partial charge in [0.05, 0.1) is 6.54 Å². The molecule has 1 aliphatic rings. The maximum Gasteiger partial charge on any atom is 0.255 e. The summed E-state index contributed by atoms with van der Waals surface area (Å²) < 4.78 is 5.39. The highest BCUT2D eigenvalue weighted by Crippen LogP contribution is 2.22. The molecule has 7 heteroatoms. The molecule has 3 N–H and O–H groups in total. The lowest BCUT2D eigenvalue weighted by Gasteiger charge is -2.34. The fourth-order valence-corrected chi connectivity index (χ4v) is 3.78. The van der Waals surface area contributed by atoms with Gasteiger partial charge in [-0.1, -0.05) is 42.5 Å². The molecule has 0 spiro atoms. The Hall–Kier alpha value is -2.29. The number of aliphatic imine (C=N–C) groups is 1. The lowest BCUT2D eigenvalue weighted by atomic mass is 9.90. The average molecular weight is 536 g/mol. The molecule has 0 radical (unpaired) electrons. The summed E-state index contributed by atoms with van der Waals surface area (Å²) in [5.74, 6) is 1.83. The molecule has 1 fully saturated rings. The van der Waals surface area contributed by atoms with Gasteiger partial charge in [0.1, 0.15) is 5.75 Å². The molecule has 1 saturated heterocycles. The van der Waals surface area contributed by atoms with Crippen LogP contribution in [-0.4, -0.2) is 43.0 Å². The second-order valence-corrected chi connectivity index (χ2v) is 7.69. The van der Waals surface area contributed by atoms with Crippen molar-refractivity contribution in [3.8, 4) is 5.75 Å². The van der Waals surface area contributed by atoms with Gasteiger partial charge >= 0.3 is 0 Å². The van der Waals surface area contributed by atoms with E-state index in [0.29, 0.717) is 12.3 Å².